The molecule has 1 saturated heterocycles. The van der Waals surface area contributed by atoms with Gasteiger partial charge in [-0.2, -0.15) is 13.2 Å². The summed E-state index contributed by atoms with van der Waals surface area (Å²) >= 11 is 0. The van der Waals surface area contributed by atoms with Gasteiger partial charge >= 0.3 is 6.18 Å². The smallest absolute Gasteiger partial charge is 0.314 e. The molecule has 1 atom stereocenters. The molecule has 0 radical (unpaired) electrons. The SMILES string of the molecule is FC(F)(F)c1ccc(CN2CCC(CNC3CC3)C2)cc1. The van der Waals surface area contributed by atoms with Gasteiger partial charge in [0.1, 0.15) is 0 Å². The molecule has 21 heavy (non-hydrogen) atoms. The minimum Gasteiger partial charge on any atom is -0.314 e. The zero-order chi connectivity index (χ0) is 14.9. The number of likely N-dealkylation sites (tertiary alicyclic amines) is 1. The van der Waals surface area contributed by atoms with E-state index in [0.29, 0.717) is 5.92 Å². The first kappa shape index (κ1) is 14.9. The van der Waals surface area contributed by atoms with Crippen LogP contribution >= 0.6 is 0 Å². The van der Waals surface area contributed by atoms with Crippen LogP contribution in [0.5, 0.6) is 0 Å². The van der Waals surface area contributed by atoms with Gasteiger partial charge in [0.05, 0.1) is 5.56 Å². The van der Waals surface area contributed by atoms with Crippen LogP contribution in [0.1, 0.15) is 30.4 Å². The average Bonchev–Trinajstić information content (AvgIpc) is 3.16. The fraction of sp³-hybridized carbons (Fsp3) is 0.625. The van der Waals surface area contributed by atoms with Crippen LogP contribution in [0.25, 0.3) is 0 Å². The Morgan fingerprint density at radius 2 is 1.81 bits per heavy atom. The van der Waals surface area contributed by atoms with E-state index in [1.807, 2.05) is 0 Å². The molecule has 2 fully saturated rings. The van der Waals surface area contributed by atoms with E-state index in [0.717, 1.165) is 37.8 Å². The van der Waals surface area contributed by atoms with Crippen molar-refractivity contribution in [1.29, 1.82) is 0 Å². The molecule has 5 heteroatoms. The Hall–Kier alpha value is -1.07. The largest absolute Gasteiger partial charge is 0.416 e. The number of rotatable bonds is 5. The highest BCUT2D eigenvalue weighted by Crippen LogP contribution is 2.29. The van der Waals surface area contributed by atoms with Crippen LogP contribution in [-0.4, -0.2) is 30.6 Å². The highest BCUT2D eigenvalue weighted by Gasteiger charge is 2.30. The van der Waals surface area contributed by atoms with Gasteiger partial charge in [0.25, 0.3) is 0 Å². The van der Waals surface area contributed by atoms with Crippen LogP contribution in [0, 0.1) is 5.92 Å². The summed E-state index contributed by atoms with van der Waals surface area (Å²) in [5.74, 6) is 0.681. The third-order valence-corrected chi connectivity index (χ3v) is 4.33. The van der Waals surface area contributed by atoms with E-state index in [1.54, 1.807) is 12.1 Å². The summed E-state index contributed by atoms with van der Waals surface area (Å²) in [7, 11) is 0. The molecule has 1 aromatic carbocycles. The van der Waals surface area contributed by atoms with Gasteiger partial charge in [0.15, 0.2) is 0 Å². The second-order valence-corrected chi connectivity index (χ2v) is 6.27. The monoisotopic (exact) mass is 298 g/mol. The first-order valence-electron chi connectivity index (χ1n) is 7.62. The van der Waals surface area contributed by atoms with Gasteiger partial charge in [-0.3, -0.25) is 4.90 Å². The van der Waals surface area contributed by atoms with Crippen molar-refractivity contribution in [2.45, 2.75) is 38.0 Å². The lowest BCUT2D eigenvalue weighted by Crippen LogP contribution is -2.27. The van der Waals surface area contributed by atoms with Gasteiger partial charge in [-0.05, 0) is 56.0 Å². The van der Waals surface area contributed by atoms with Crippen molar-refractivity contribution >= 4 is 0 Å². The number of halogens is 3. The van der Waals surface area contributed by atoms with Crippen molar-refractivity contribution in [2.75, 3.05) is 19.6 Å². The van der Waals surface area contributed by atoms with Crippen LogP contribution in [-0.2, 0) is 12.7 Å². The standard InChI is InChI=1S/C16H21F3N2/c17-16(18,19)14-3-1-12(2-4-14)10-21-8-7-13(11-21)9-20-15-5-6-15/h1-4,13,15,20H,5-11H2. The minimum absolute atomic E-state index is 0.570. The van der Waals surface area contributed by atoms with Gasteiger partial charge in [0, 0.05) is 19.1 Å². The molecular formula is C16H21F3N2. The highest BCUT2D eigenvalue weighted by molar-refractivity contribution is 5.24. The summed E-state index contributed by atoms with van der Waals surface area (Å²) in [5, 5.41) is 3.56. The number of nitrogens with one attached hydrogen (secondary N) is 1. The van der Waals surface area contributed by atoms with Crippen molar-refractivity contribution in [3.63, 3.8) is 0 Å². The molecule has 1 aliphatic carbocycles. The number of hydrogen-bond acceptors (Lipinski definition) is 2. The molecule has 3 rings (SSSR count). The first-order valence-corrected chi connectivity index (χ1v) is 7.62. The molecule has 2 aliphatic rings. The third-order valence-electron chi connectivity index (χ3n) is 4.33. The molecule has 1 unspecified atom stereocenters. The van der Waals surface area contributed by atoms with Gasteiger partial charge in [-0.15, -0.1) is 0 Å². The molecule has 0 spiro atoms. The fourth-order valence-corrected chi connectivity index (χ4v) is 2.90. The molecule has 116 valence electrons. The van der Waals surface area contributed by atoms with Gasteiger partial charge < -0.3 is 5.32 Å². The first-order chi connectivity index (χ1) is 10.0. The molecule has 0 amide bonds. The van der Waals surface area contributed by atoms with Crippen LogP contribution in [0.4, 0.5) is 13.2 Å². The van der Waals surface area contributed by atoms with E-state index in [4.69, 9.17) is 0 Å². The lowest BCUT2D eigenvalue weighted by molar-refractivity contribution is -0.137. The lowest BCUT2D eigenvalue weighted by atomic mass is 10.1. The summed E-state index contributed by atoms with van der Waals surface area (Å²) in [5.41, 5.74) is 0.387. The quantitative estimate of drug-likeness (QED) is 0.897. The number of hydrogen-bond donors (Lipinski definition) is 1. The molecule has 1 aromatic rings. The second-order valence-electron chi connectivity index (χ2n) is 6.27. The van der Waals surface area contributed by atoms with Crippen molar-refractivity contribution in [2.24, 2.45) is 5.92 Å². The van der Waals surface area contributed by atoms with Crippen molar-refractivity contribution in [3.05, 3.63) is 35.4 Å². The number of benzene rings is 1. The Morgan fingerprint density at radius 1 is 1.10 bits per heavy atom. The predicted octanol–water partition coefficient (Wildman–Crippen LogP) is 3.28. The van der Waals surface area contributed by atoms with Crippen LogP contribution in [0.2, 0.25) is 0 Å². The second kappa shape index (κ2) is 5.97. The zero-order valence-corrected chi connectivity index (χ0v) is 12.0. The van der Waals surface area contributed by atoms with E-state index in [2.05, 4.69) is 10.2 Å². The topological polar surface area (TPSA) is 15.3 Å². The number of alkyl halides is 3. The van der Waals surface area contributed by atoms with E-state index in [1.165, 1.54) is 31.4 Å². The maximum absolute atomic E-state index is 12.5. The van der Waals surface area contributed by atoms with Gasteiger partial charge in [0.2, 0.25) is 0 Å². The van der Waals surface area contributed by atoms with Crippen LogP contribution < -0.4 is 5.32 Å². The summed E-state index contributed by atoms with van der Waals surface area (Å²) in [6.45, 7) is 3.91. The predicted molar refractivity (Wildman–Crippen MR) is 75.9 cm³/mol. The molecule has 1 N–H and O–H groups in total. The lowest BCUT2D eigenvalue weighted by Gasteiger charge is -2.17. The molecule has 0 bridgehead atoms. The maximum Gasteiger partial charge on any atom is 0.416 e. The number of nitrogens with zero attached hydrogens (tertiary/aromatic N) is 1. The van der Waals surface area contributed by atoms with Crippen molar-refractivity contribution in [3.8, 4) is 0 Å². The van der Waals surface area contributed by atoms with Gasteiger partial charge in [-0.25, -0.2) is 0 Å². The Morgan fingerprint density at radius 3 is 2.43 bits per heavy atom. The Balaban J connectivity index is 1.48. The van der Waals surface area contributed by atoms with E-state index in [-0.39, 0.29) is 0 Å². The summed E-state index contributed by atoms with van der Waals surface area (Å²) in [6, 6.07) is 6.29. The molecule has 0 aromatic heterocycles. The zero-order valence-electron chi connectivity index (χ0n) is 12.0. The normalized spacial score (nSPS) is 23.7. The highest BCUT2D eigenvalue weighted by atomic mass is 19.4. The van der Waals surface area contributed by atoms with E-state index >= 15 is 0 Å². The average molecular weight is 298 g/mol. The summed E-state index contributed by atoms with van der Waals surface area (Å²) in [6.07, 6.45) is -0.448. The molecular weight excluding hydrogens is 277 g/mol. The summed E-state index contributed by atoms with van der Waals surface area (Å²) in [4.78, 5) is 2.34. The molecule has 1 saturated carbocycles. The molecule has 1 heterocycles. The van der Waals surface area contributed by atoms with Crippen molar-refractivity contribution < 1.29 is 13.2 Å². The van der Waals surface area contributed by atoms with Crippen molar-refractivity contribution in [1.82, 2.24) is 10.2 Å². The molecule has 1 aliphatic heterocycles. The third kappa shape index (κ3) is 4.20. The van der Waals surface area contributed by atoms with E-state index < -0.39 is 11.7 Å². The fourth-order valence-electron chi connectivity index (χ4n) is 2.90. The Bertz CT molecular complexity index is 465. The van der Waals surface area contributed by atoms with Crippen LogP contribution in [0.3, 0.4) is 0 Å². The molecule has 2 nitrogen and oxygen atoms in total. The Kier molecular flexibility index (Phi) is 4.22. The Labute approximate surface area is 123 Å². The summed E-state index contributed by atoms with van der Waals surface area (Å²) < 4.78 is 37.5. The minimum atomic E-state index is -4.24. The van der Waals surface area contributed by atoms with Gasteiger partial charge in [-0.1, -0.05) is 12.1 Å². The van der Waals surface area contributed by atoms with E-state index in [9.17, 15) is 13.2 Å². The van der Waals surface area contributed by atoms with Crippen LogP contribution in [0.15, 0.2) is 24.3 Å². The maximum atomic E-state index is 12.5.